The minimum atomic E-state index is -0.446. The zero-order valence-electron chi connectivity index (χ0n) is 23.4. The summed E-state index contributed by atoms with van der Waals surface area (Å²) in [6.07, 6.45) is 0. The van der Waals surface area contributed by atoms with Gasteiger partial charge in [0.1, 0.15) is 0 Å². The van der Waals surface area contributed by atoms with Gasteiger partial charge in [-0.3, -0.25) is 0 Å². The summed E-state index contributed by atoms with van der Waals surface area (Å²) < 4.78 is 0. The molecule has 0 N–H and O–H groups in total. The van der Waals surface area contributed by atoms with Gasteiger partial charge in [0.05, 0.1) is 0 Å². The summed E-state index contributed by atoms with van der Waals surface area (Å²) in [6.45, 7) is 9.50. The maximum absolute atomic E-state index is 6.25. The molecule has 2 nitrogen and oxygen atoms in total. The third-order valence-corrected chi connectivity index (χ3v) is 11.0. The van der Waals surface area contributed by atoms with Crippen molar-refractivity contribution in [1.29, 1.82) is 10.5 Å². The van der Waals surface area contributed by atoms with Gasteiger partial charge in [-0.05, 0) is 47.7 Å². The van der Waals surface area contributed by atoms with Gasteiger partial charge in [0, 0.05) is 0 Å². The Hall–Kier alpha value is -4.18. The first-order chi connectivity index (χ1) is 20.9. The van der Waals surface area contributed by atoms with Crippen LogP contribution in [-0.4, -0.2) is 0 Å². The molecule has 0 bridgehead atoms. The van der Waals surface area contributed by atoms with Crippen LogP contribution in [0.2, 0.25) is 0 Å². The molecule has 0 radical (unpaired) electrons. The largest absolute Gasteiger partial charge is 2.00 e. The molecule has 212 valence electrons. The Morgan fingerprint density at radius 2 is 0.372 bits per heavy atom. The molecule has 0 unspecified atom stereocenters. The maximum Gasteiger partial charge on any atom is 2.00 e. The zero-order chi connectivity index (χ0) is 29.8. The smallest absolute Gasteiger partial charge is 0.512 e. The van der Waals surface area contributed by atoms with E-state index in [0.717, 1.165) is 0 Å². The molecule has 0 aliphatic rings. The van der Waals surface area contributed by atoms with Crippen molar-refractivity contribution in [3.05, 3.63) is 195 Å². The first kappa shape index (κ1) is 35.0. The van der Waals surface area contributed by atoms with E-state index in [9.17, 15) is 0 Å². The average molecular weight is 683 g/mol. The van der Waals surface area contributed by atoms with Crippen LogP contribution < -0.4 is 31.8 Å². The number of nitrogens with zero attached hydrogens (tertiary/aromatic N) is 2. The molecule has 0 aliphatic carbocycles. The predicted octanol–water partition coefficient (Wildman–Crippen LogP) is 7.08. The van der Waals surface area contributed by atoms with E-state index in [1.807, 2.05) is 0 Å². The molecule has 5 heteroatoms. The second-order valence-electron chi connectivity index (χ2n) is 8.68. The molecular weight excluding hydrogens is 653 g/mol. The van der Waals surface area contributed by atoms with Crippen LogP contribution in [0.15, 0.2) is 182 Å². The van der Waals surface area contributed by atoms with Crippen LogP contribution in [0.25, 0.3) is 0 Å². The summed E-state index contributed by atoms with van der Waals surface area (Å²) in [5, 5.41) is 20.9. The van der Waals surface area contributed by atoms with Gasteiger partial charge in [0.15, 0.2) is 0 Å². The van der Waals surface area contributed by atoms with Crippen molar-refractivity contribution in [2.24, 2.45) is 0 Å². The predicted molar refractivity (Wildman–Crippen MR) is 180 cm³/mol. The number of rotatable bonds is 6. The molecule has 0 heterocycles. The third kappa shape index (κ3) is 10.6. The Bertz CT molecular complexity index is 1270. The van der Waals surface area contributed by atoms with E-state index in [1.165, 1.54) is 31.8 Å². The Labute approximate surface area is 272 Å². The minimum Gasteiger partial charge on any atom is -0.512 e. The normalized spacial score (nSPS) is 9.44. The fraction of sp³-hybridized carbons (Fsp3) is 0. The van der Waals surface area contributed by atoms with Crippen molar-refractivity contribution in [2.75, 3.05) is 0 Å². The summed E-state index contributed by atoms with van der Waals surface area (Å²) in [5.41, 5.74) is 0. The SMILES string of the molecule is [C-]#N.[C-]#N.[Pd+2].c1ccc(P(c2ccccc2)c2ccccc2)cc1.c1ccc(P(c2ccccc2)c2ccccc2)cc1. The summed E-state index contributed by atoms with van der Waals surface area (Å²) in [7, 11) is -0.892. The van der Waals surface area contributed by atoms with Crippen LogP contribution in [0.1, 0.15) is 0 Å². The molecule has 43 heavy (non-hydrogen) atoms. The van der Waals surface area contributed by atoms with E-state index in [4.69, 9.17) is 23.7 Å². The second kappa shape index (κ2) is 20.7. The van der Waals surface area contributed by atoms with Gasteiger partial charge in [0.2, 0.25) is 0 Å². The Morgan fingerprint density at radius 3 is 0.488 bits per heavy atom. The van der Waals surface area contributed by atoms with Crippen molar-refractivity contribution in [2.45, 2.75) is 0 Å². The fourth-order valence-electron chi connectivity index (χ4n) is 4.36. The Morgan fingerprint density at radius 1 is 0.256 bits per heavy atom. The van der Waals surface area contributed by atoms with E-state index in [2.05, 4.69) is 182 Å². The van der Waals surface area contributed by atoms with Gasteiger partial charge in [-0.25, -0.2) is 0 Å². The zero-order valence-corrected chi connectivity index (χ0v) is 26.8. The molecular formula is C38H30N2P2Pd. The first-order valence-corrected chi connectivity index (χ1v) is 15.9. The summed E-state index contributed by atoms with van der Waals surface area (Å²) in [4.78, 5) is 0. The molecule has 6 rings (SSSR count). The molecule has 0 atom stereocenters. The van der Waals surface area contributed by atoms with E-state index in [0.29, 0.717) is 0 Å². The maximum atomic E-state index is 6.25. The molecule has 6 aromatic rings. The summed E-state index contributed by atoms with van der Waals surface area (Å²) in [5.74, 6) is 0. The van der Waals surface area contributed by atoms with E-state index in [-0.39, 0.29) is 20.4 Å². The Balaban J connectivity index is 0.000000264. The molecule has 0 fully saturated rings. The quantitative estimate of drug-likeness (QED) is 0.107. The van der Waals surface area contributed by atoms with E-state index in [1.54, 1.807) is 0 Å². The van der Waals surface area contributed by atoms with Crippen molar-refractivity contribution in [1.82, 2.24) is 0 Å². The molecule has 0 saturated heterocycles. The van der Waals surface area contributed by atoms with Gasteiger partial charge in [-0.2, -0.15) is 0 Å². The van der Waals surface area contributed by atoms with Gasteiger partial charge in [-0.1, -0.05) is 182 Å². The minimum absolute atomic E-state index is 0. The molecule has 0 amide bonds. The molecule has 6 aromatic carbocycles. The van der Waals surface area contributed by atoms with Gasteiger partial charge in [-0.15, -0.1) is 0 Å². The van der Waals surface area contributed by atoms with Crippen molar-refractivity contribution in [3.8, 4) is 0 Å². The topological polar surface area (TPSA) is 47.6 Å². The van der Waals surface area contributed by atoms with Crippen LogP contribution in [0.5, 0.6) is 0 Å². The van der Waals surface area contributed by atoms with Gasteiger partial charge >= 0.3 is 20.4 Å². The van der Waals surface area contributed by atoms with Crippen LogP contribution in [0.4, 0.5) is 0 Å². The number of benzene rings is 6. The number of hydrogen-bond donors (Lipinski definition) is 0. The van der Waals surface area contributed by atoms with Crippen molar-refractivity contribution >= 4 is 47.7 Å². The van der Waals surface area contributed by atoms with E-state index >= 15 is 0 Å². The van der Waals surface area contributed by atoms with Gasteiger partial charge in [0.25, 0.3) is 0 Å². The van der Waals surface area contributed by atoms with E-state index < -0.39 is 15.8 Å². The number of hydrogen-bond acceptors (Lipinski definition) is 2. The van der Waals surface area contributed by atoms with Crippen molar-refractivity contribution < 1.29 is 20.4 Å². The second-order valence-corrected chi connectivity index (χ2v) is 13.1. The summed E-state index contributed by atoms with van der Waals surface area (Å²) >= 11 is 0. The van der Waals surface area contributed by atoms with Crippen LogP contribution in [0, 0.1) is 23.7 Å². The molecule has 0 aliphatic heterocycles. The summed E-state index contributed by atoms with van der Waals surface area (Å²) in [6, 6.07) is 64.7. The standard InChI is InChI=1S/2C18H15P.2CN.Pd/c2*1-4-10-16(11-5-1)19(17-12-6-2-7-13-17)18-14-8-3-9-15-18;2*1-2;/h2*1-15H;;;/q;;2*-1;+2. The Kier molecular flexibility index (Phi) is 16.8. The van der Waals surface area contributed by atoms with Gasteiger partial charge < -0.3 is 23.7 Å². The van der Waals surface area contributed by atoms with Crippen LogP contribution in [-0.2, 0) is 20.4 Å². The van der Waals surface area contributed by atoms with Crippen LogP contribution >= 0.6 is 15.8 Å². The fourth-order valence-corrected chi connectivity index (χ4v) is 8.97. The molecule has 0 saturated carbocycles. The van der Waals surface area contributed by atoms with Crippen molar-refractivity contribution in [3.63, 3.8) is 0 Å². The molecule has 0 aromatic heterocycles. The molecule has 0 spiro atoms. The third-order valence-electron chi connectivity index (χ3n) is 6.09. The van der Waals surface area contributed by atoms with Crippen LogP contribution in [0.3, 0.4) is 0 Å². The first-order valence-electron chi connectivity index (χ1n) is 13.3. The average Bonchev–Trinajstić information content (AvgIpc) is 3.10. The monoisotopic (exact) mass is 682 g/mol.